The van der Waals surface area contributed by atoms with Gasteiger partial charge >= 0.3 is 6.09 Å². The number of nitrogens with zero attached hydrogens (tertiary/aromatic N) is 1. The van der Waals surface area contributed by atoms with Crippen LogP contribution < -0.4 is 20.1 Å². The van der Waals surface area contributed by atoms with Crippen molar-refractivity contribution in [3.63, 3.8) is 0 Å². The van der Waals surface area contributed by atoms with Gasteiger partial charge in [0.05, 0.1) is 12.7 Å². The normalized spacial score (nSPS) is 11.6. The van der Waals surface area contributed by atoms with E-state index in [2.05, 4.69) is 10.6 Å². The minimum atomic E-state index is -0.725. The van der Waals surface area contributed by atoms with Crippen molar-refractivity contribution in [3.8, 4) is 23.3 Å². The maximum atomic E-state index is 12.5. The van der Waals surface area contributed by atoms with Gasteiger partial charge in [0, 0.05) is 11.8 Å². The second-order valence-corrected chi connectivity index (χ2v) is 7.70. The topological polar surface area (TPSA) is 110 Å². The molecule has 0 aliphatic heterocycles. The third-order valence-electron chi connectivity index (χ3n) is 4.07. The summed E-state index contributed by atoms with van der Waals surface area (Å²) in [4.78, 5) is 24.4. The van der Waals surface area contributed by atoms with Gasteiger partial charge in [0.15, 0.2) is 0 Å². The first kappa shape index (κ1) is 23.5. The average Bonchev–Trinajstić information content (AvgIpc) is 2.72. The number of anilines is 1. The summed E-state index contributed by atoms with van der Waals surface area (Å²) in [5.41, 5.74) is 0.325. The van der Waals surface area contributed by atoms with E-state index >= 15 is 0 Å². The number of benzene rings is 2. The monoisotopic (exact) mass is 425 g/mol. The molecule has 2 aromatic rings. The van der Waals surface area contributed by atoms with Gasteiger partial charge in [0.25, 0.3) is 0 Å². The van der Waals surface area contributed by atoms with Gasteiger partial charge in [0.1, 0.15) is 35.0 Å². The highest BCUT2D eigenvalue weighted by Crippen LogP contribution is 2.28. The maximum absolute atomic E-state index is 12.5. The molecule has 0 fully saturated rings. The van der Waals surface area contributed by atoms with Crippen molar-refractivity contribution >= 4 is 17.7 Å². The van der Waals surface area contributed by atoms with Crippen molar-refractivity contribution in [3.05, 3.63) is 48.0 Å². The quantitative estimate of drug-likeness (QED) is 0.671. The fraction of sp³-hybridized carbons (Fsp3) is 0.348. The molecule has 1 atom stereocenters. The summed E-state index contributed by atoms with van der Waals surface area (Å²) in [5.74, 6) is 1.13. The highest BCUT2D eigenvalue weighted by molar-refractivity contribution is 5.96. The Morgan fingerprint density at radius 1 is 1.10 bits per heavy atom. The van der Waals surface area contributed by atoms with Crippen LogP contribution in [0.5, 0.6) is 17.2 Å². The molecule has 2 N–H and O–H groups in total. The predicted octanol–water partition coefficient (Wildman–Crippen LogP) is 4.60. The number of nitrogens with one attached hydrogen (secondary N) is 2. The zero-order valence-electron chi connectivity index (χ0n) is 18.3. The largest absolute Gasteiger partial charge is 0.495 e. The summed E-state index contributed by atoms with van der Waals surface area (Å²) in [6.07, 6.45) is -0.233. The molecule has 0 aromatic heterocycles. The van der Waals surface area contributed by atoms with Gasteiger partial charge in [-0.05, 0) is 63.6 Å². The van der Waals surface area contributed by atoms with Crippen LogP contribution in [-0.4, -0.2) is 30.8 Å². The predicted molar refractivity (Wildman–Crippen MR) is 116 cm³/mol. The molecule has 2 aromatic carbocycles. The number of nitriles is 1. The highest BCUT2D eigenvalue weighted by atomic mass is 16.6. The van der Waals surface area contributed by atoms with Crippen LogP contribution in [0.3, 0.4) is 0 Å². The Bertz CT molecular complexity index is 959. The number of alkyl carbamates (subject to hydrolysis) is 1. The molecule has 2 amide bonds. The molecule has 0 spiro atoms. The molecule has 8 nitrogen and oxygen atoms in total. The molecule has 0 aliphatic rings. The van der Waals surface area contributed by atoms with Crippen LogP contribution >= 0.6 is 0 Å². The summed E-state index contributed by atoms with van der Waals surface area (Å²) in [6.45, 7) is 7.06. The Hall–Kier alpha value is -3.73. The van der Waals surface area contributed by atoms with Gasteiger partial charge in [0.2, 0.25) is 5.91 Å². The molecular formula is C23H27N3O5. The third kappa shape index (κ3) is 7.23. The smallest absolute Gasteiger partial charge is 0.408 e. The molecule has 164 valence electrons. The van der Waals surface area contributed by atoms with Crippen molar-refractivity contribution in [1.82, 2.24) is 5.32 Å². The molecule has 0 aliphatic carbocycles. The summed E-state index contributed by atoms with van der Waals surface area (Å²) in [5, 5.41) is 14.4. The Kier molecular flexibility index (Phi) is 7.86. The molecule has 0 heterocycles. The van der Waals surface area contributed by atoms with E-state index in [1.54, 1.807) is 70.2 Å². The number of carbonyl (C=O) groups excluding carboxylic acids is 2. The third-order valence-corrected chi connectivity index (χ3v) is 4.07. The second-order valence-electron chi connectivity index (χ2n) is 7.70. The van der Waals surface area contributed by atoms with E-state index in [-0.39, 0.29) is 5.91 Å². The Morgan fingerprint density at radius 3 is 2.29 bits per heavy atom. The molecule has 31 heavy (non-hydrogen) atoms. The summed E-state index contributed by atoms with van der Waals surface area (Å²) in [7, 11) is 1.48. The molecule has 1 unspecified atom stereocenters. The molecule has 0 bridgehead atoms. The van der Waals surface area contributed by atoms with Gasteiger partial charge < -0.3 is 24.8 Å². The molecule has 0 saturated heterocycles. The van der Waals surface area contributed by atoms with Crippen LogP contribution in [0.2, 0.25) is 0 Å². The maximum Gasteiger partial charge on any atom is 0.408 e. The van der Waals surface area contributed by atoms with Gasteiger partial charge in [-0.25, -0.2) is 4.79 Å². The Balaban J connectivity index is 1.99. The van der Waals surface area contributed by atoms with E-state index in [0.717, 1.165) is 0 Å². The first-order valence-electron chi connectivity index (χ1n) is 9.81. The van der Waals surface area contributed by atoms with Gasteiger partial charge in [-0.1, -0.05) is 6.92 Å². The standard InChI is InChI=1S/C23H27N3O5/c1-6-19(26-22(28)31-23(2,3)4)21(27)25-16-8-11-17(12-9-16)30-18-10-7-15(14-24)20(13-18)29-5/h7-13,19H,6H2,1-5H3,(H,25,27)(H,26,28). The average molecular weight is 425 g/mol. The fourth-order valence-electron chi connectivity index (χ4n) is 2.60. The van der Waals surface area contributed by atoms with E-state index in [1.165, 1.54) is 7.11 Å². The van der Waals surface area contributed by atoms with E-state index in [1.807, 2.05) is 6.07 Å². The zero-order chi connectivity index (χ0) is 23.0. The molecule has 0 radical (unpaired) electrons. The number of amides is 2. The Labute approximate surface area is 182 Å². The van der Waals surface area contributed by atoms with Gasteiger partial charge in [-0.15, -0.1) is 0 Å². The first-order valence-corrected chi connectivity index (χ1v) is 9.81. The van der Waals surface area contributed by atoms with E-state index in [9.17, 15) is 9.59 Å². The van der Waals surface area contributed by atoms with Crippen LogP contribution in [-0.2, 0) is 9.53 Å². The number of ether oxygens (including phenoxy) is 3. The molecule has 8 heteroatoms. The van der Waals surface area contributed by atoms with Crippen molar-refractivity contribution in [2.75, 3.05) is 12.4 Å². The zero-order valence-corrected chi connectivity index (χ0v) is 18.3. The number of hydrogen-bond donors (Lipinski definition) is 2. The van der Waals surface area contributed by atoms with Gasteiger partial charge in [-0.3, -0.25) is 4.79 Å². The van der Waals surface area contributed by atoms with Crippen LogP contribution in [0.1, 0.15) is 39.7 Å². The lowest BCUT2D eigenvalue weighted by Crippen LogP contribution is -2.45. The second kappa shape index (κ2) is 10.3. The molecule has 0 saturated carbocycles. The summed E-state index contributed by atoms with van der Waals surface area (Å²) in [6, 6.07) is 13.0. The Morgan fingerprint density at radius 2 is 1.74 bits per heavy atom. The highest BCUT2D eigenvalue weighted by Gasteiger charge is 2.23. The number of rotatable bonds is 7. The lowest BCUT2D eigenvalue weighted by molar-refractivity contribution is -0.118. The summed E-state index contributed by atoms with van der Waals surface area (Å²) >= 11 is 0. The molecule has 2 rings (SSSR count). The van der Waals surface area contributed by atoms with Gasteiger partial charge in [-0.2, -0.15) is 5.26 Å². The SMILES string of the molecule is CCC(NC(=O)OC(C)(C)C)C(=O)Nc1ccc(Oc2ccc(C#N)c(OC)c2)cc1. The van der Waals surface area contributed by atoms with E-state index < -0.39 is 17.7 Å². The van der Waals surface area contributed by atoms with Crippen molar-refractivity contribution in [1.29, 1.82) is 5.26 Å². The van der Waals surface area contributed by atoms with Crippen LogP contribution in [0.25, 0.3) is 0 Å². The number of carbonyl (C=O) groups is 2. The minimum absolute atomic E-state index is 0.348. The molecular weight excluding hydrogens is 398 g/mol. The fourth-order valence-corrected chi connectivity index (χ4v) is 2.60. The van der Waals surface area contributed by atoms with Crippen LogP contribution in [0.4, 0.5) is 10.5 Å². The lowest BCUT2D eigenvalue weighted by Gasteiger charge is -2.22. The van der Waals surface area contributed by atoms with Crippen LogP contribution in [0, 0.1) is 11.3 Å². The van der Waals surface area contributed by atoms with Crippen molar-refractivity contribution in [2.24, 2.45) is 0 Å². The van der Waals surface area contributed by atoms with Crippen LogP contribution in [0.15, 0.2) is 42.5 Å². The van der Waals surface area contributed by atoms with E-state index in [0.29, 0.717) is 34.9 Å². The lowest BCUT2D eigenvalue weighted by atomic mass is 10.2. The number of methoxy groups -OCH3 is 1. The summed E-state index contributed by atoms with van der Waals surface area (Å²) < 4.78 is 16.1. The first-order chi connectivity index (χ1) is 14.6. The van der Waals surface area contributed by atoms with Crippen molar-refractivity contribution < 1.29 is 23.8 Å². The number of hydrogen-bond acceptors (Lipinski definition) is 6. The van der Waals surface area contributed by atoms with E-state index in [4.69, 9.17) is 19.5 Å². The van der Waals surface area contributed by atoms with Crippen molar-refractivity contribution in [2.45, 2.75) is 45.8 Å². The minimum Gasteiger partial charge on any atom is -0.495 e.